The molecule has 0 amide bonds. The summed E-state index contributed by atoms with van der Waals surface area (Å²) in [6.45, 7) is 21.5. The van der Waals surface area contributed by atoms with Gasteiger partial charge in [0.25, 0.3) is 10.1 Å². The van der Waals surface area contributed by atoms with Gasteiger partial charge in [-0.2, -0.15) is 8.42 Å². The summed E-state index contributed by atoms with van der Waals surface area (Å²) in [4.78, 5) is 0.0451. The molecule has 0 heterocycles. The standard InChI is InChI=1S/C23H38O3S/c1-13(2)20(14(3)4)21(15(5)6)18-11-12-19(27(24,25)26)23(17(9)10)22(18)16(7)8/h11-17H,1-10H3,(H,24,25,26). The van der Waals surface area contributed by atoms with Gasteiger partial charge in [0.1, 0.15) is 0 Å². The van der Waals surface area contributed by atoms with Crippen molar-refractivity contribution in [2.45, 2.75) is 86.0 Å². The lowest BCUT2D eigenvalue weighted by molar-refractivity contribution is 0.481. The molecular weight excluding hydrogens is 356 g/mol. The van der Waals surface area contributed by atoms with Crippen LogP contribution in [0.5, 0.6) is 0 Å². The molecular formula is C23H38O3S. The highest BCUT2D eigenvalue weighted by atomic mass is 32.2. The normalized spacial score (nSPS) is 12.7. The van der Waals surface area contributed by atoms with E-state index in [1.165, 1.54) is 11.1 Å². The first-order valence-electron chi connectivity index (χ1n) is 10.1. The van der Waals surface area contributed by atoms with E-state index in [2.05, 4.69) is 55.4 Å². The number of hydrogen-bond acceptors (Lipinski definition) is 2. The van der Waals surface area contributed by atoms with Gasteiger partial charge in [-0.05, 0) is 57.9 Å². The maximum atomic E-state index is 12.0. The third-order valence-electron chi connectivity index (χ3n) is 5.10. The predicted octanol–water partition coefficient (Wildman–Crippen LogP) is 6.90. The third kappa shape index (κ3) is 5.23. The summed E-state index contributed by atoms with van der Waals surface area (Å²) in [5.74, 6) is 1.28. The van der Waals surface area contributed by atoms with Crippen LogP contribution in [-0.4, -0.2) is 13.0 Å². The minimum atomic E-state index is -4.27. The van der Waals surface area contributed by atoms with Crippen molar-refractivity contribution < 1.29 is 13.0 Å². The first-order chi connectivity index (χ1) is 12.2. The zero-order chi connectivity index (χ0) is 21.3. The van der Waals surface area contributed by atoms with Gasteiger partial charge >= 0.3 is 0 Å². The molecule has 27 heavy (non-hydrogen) atoms. The van der Waals surface area contributed by atoms with Gasteiger partial charge in [0.15, 0.2) is 0 Å². The predicted molar refractivity (Wildman–Crippen MR) is 116 cm³/mol. The summed E-state index contributed by atoms with van der Waals surface area (Å²) in [6.07, 6.45) is 0. The Bertz CT molecular complexity index is 785. The van der Waals surface area contributed by atoms with Crippen LogP contribution in [0.2, 0.25) is 0 Å². The van der Waals surface area contributed by atoms with E-state index >= 15 is 0 Å². The van der Waals surface area contributed by atoms with Gasteiger partial charge in [0, 0.05) is 0 Å². The number of hydrogen-bond donors (Lipinski definition) is 1. The van der Waals surface area contributed by atoms with E-state index < -0.39 is 10.1 Å². The summed E-state index contributed by atoms with van der Waals surface area (Å²) in [5.41, 5.74) is 5.65. The molecule has 0 spiro atoms. The van der Waals surface area contributed by atoms with Crippen molar-refractivity contribution >= 4 is 15.7 Å². The van der Waals surface area contributed by atoms with Gasteiger partial charge in [0.05, 0.1) is 4.90 Å². The molecule has 1 aromatic carbocycles. The molecule has 0 aliphatic rings. The van der Waals surface area contributed by atoms with Crippen LogP contribution in [0.3, 0.4) is 0 Å². The largest absolute Gasteiger partial charge is 0.294 e. The molecule has 0 saturated carbocycles. The molecule has 0 saturated heterocycles. The number of benzene rings is 1. The second kappa shape index (κ2) is 8.91. The lowest BCUT2D eigenvalue weighted by Gasteiger charge is -2.30. The van der Waals surface area contributed by atoms with Crippen LogP contribution in [0.1, 0.15) is 97.8 Å². The first-order valence-corrected chi connectivity index (χ1v) is 11.5. The van der Waals surface area contributed by atoms with E-state index in [1.54, 1.807) is 6.07 Å². The Kier molecular flexibility index (Phi) is 7.89. The lowest BCUT2D eigenvalue weighted by Crippen LogP contribution is -2.15. The molecule has 0 fully saturated rings. The zero-order valence-electron chi connectivity index (χ0n) is 18.7. The first kappa shape index (κ1) is 23.9. The van der Waals surface area contributed by atoms with Gasteiger partial charge in [-0.3, -0.25) is 4.55 Å². The summed E-state index contributed by atoms with van der Waals surface area (Å²) < 4.78 is 33.9. The molecule has 4 heteroatoms. The molecule has 0 aliphatic carbocycles. The highest BCUT2D eigenvalue weighted by Crippen LogP contribution is 2.42. The lowest BCUT2D eigenvalue weighted by atomic mass is 9.76. The fourth-order valence-electron chi connectivity index (χ4n) is 4.38. The van der Waals surface area contributed by atoms with E-state index in [4.69, 9.17) is 0 Å². The van der Waals surface area contributed by atoms with E-state index in [9.17, 15) is 13.0 Å². The Hall–Kier alpha value is -1.13. The Balaban J connectivity index is 4.15. The maximum absolute atomic E-state index is 12.0. The molecule has 1 rings (SSSR count). The number of allylic oxidation sites excluding steroid dienone is 2. The molecule has 0 aromatic heterocycles. The molecule has 154 valence electrons. The number of rotatable bonds is 7. The van der Waals surface area contributed by atoms with E-state index in [1.807, 2.05) is 19.9 Å². The molecule has 1 aromatic rings. The Morgan fingerprint density at radius 2 is 1.19 bits per heavy atom. The fourth-order valence-corrected chi connectivity index (χ4v) is 5.25. The topological polar surface area (TPSA) is 54.4 Å². The fraction of sp³-hybridized carbons (Fsp3) is 0.652. The monoisotopic (exact) mass is 394 g/mol. The van der Waals surface area contributed by atoms with Crippen molar-refractivity contribution in [3.8, 4) is 0 Å². The van der Waals surface area contributed by atoms with Crippen LogP contribution >= 0.6 is 0 Å². The van der Waals surface area contributed by atoms with Crippen molar-refractivity contribution in [2.24, 2.45) is 17.8 Å². The highest BCUT2D eigenvalue weighted by Gasteiger charge is 2.28. The zero-order valence-corrected chi connectivity index (χ0v) is 19.5. The van der Waals surface area contributed by atoms with E-state index in [-0.39, 0.29) is 16.7 Å². The van der Waals surface area contributed by atoms with Gasteiger partial charge < -0.3 is 0 Å². The quantitative estimate of drug-likeness (QED) is 0.512. The van der Waals surface area contributed by atoms with Crippen LogP contribution in [0, 0.1) is 17.8 Å². The van der Waals surface area contributed by atoms with Crippen molar-refractivity contribution in [1.82, 2.24) is 0 Å². The molecule has 0 unspecified atom stereocenters. The second-order valence-corrected chi connectivity index (χ2v) is 10.4. The Labute approximate surface area is 167 Å². The van der Waals surface area contributed by atoms with Crippen LogP contribution in [0.4, 0.5) is 0 Å². The van der Waals surface area contributed by atoms with Crippen LogP contribution in [-0.2, 0) is 10.1 Å². The smallest absolute Gasteiger partial charge is 0.282 e. The average molecular weight is 395 g/mol. The highest BCUT2D eigenvalue weighted by molar-refractivity contribution is 7.85. The minimum Gasteiger partial charge on any atom is -0.282 e. The Morgan fingerprint density at radius 3 is 1.48 bits per heavy atom. The van der Waals surface area contributed by atoms with Crippen LogP contribution in [0.15, 0.2) is 22.6 Å². The molecule has 0 radical (unpaired) electrons. The minimum absolute atomic E-state index is 0.00534. The summed E-state index contributed by atoms with van der Waals surface area (Å²) in [6, 6.07) is 3.50. The van der Waals surface area contributed by atoms with Crippen molar-refractivity contribution in [1.29, 1.82) is 0 Å². The van der Waals surface area contributed by atoms with E-state index in [0.717, 1.165) is 16.7 Å². The van der Waals surface area contributed by atoms with Gasteiger partial charge in [0.2, 0.25) is 0 Å². The summed E-state index contributed by atoms with van der Waals surface area (Å²) in [5, 5.41) is 0. The third-order valence-corrected chi connectivity index (χ3v) is 6.01. The second-order valence-electron chi connectivity index (χ2n) is 9.06. The molecule has 3 nitrogen and oxygen atoms in total. The van der Waals surface area contributed by atoms with Crippen molar-refractivity contribution in [3.05, 3.63) is 34.4 Å². The molecule has 0 atom stereocenters. The van der Waals surface area contributed by atoms with Crippen molar-refractivity contribution in [3.63, 3.8) is 0 Å². The van der Waals surface area contributed by atoms with Gasteiger partial charge in [-0.15, -0.1) is 0 Å². The van der Waals surface area contributed by atoms with Gasteiger partial charge in [-0.25, -0.2) is 0 Å². The van der Waals surface area contributed by atoms with Crippen LogP contribution in [0.25, 0.3) is 5.57 Å². The summed E-state index contributed by atoms with van der Waals surface area (Å²) in [7, 11) is -4.27. The van der Waals surface area contributed by atoms with Gasteiger partial charge in [-0.1, -0.05) is 80.9 Å². The Morgan fingerprint density at radius 1 is 0.741 bits per heavy atom. The van der Waals surface area contributed by atoms with E-state index in [0.29, 0.717) is 17.8 Å². The van der Waals surface area contributed by atoms with Crippen LogP contribution < -0.4 is 0 Å². The molecule has 0 bridgehead atoms. The average Bonchev–Trinajstić information content (AvgIpc) is 2.48. The summed E-state index contributed by atoms with van der Waals surface area (Å²) >= 11 is 0. The maximum Gasteiger partial charge on any atom is 0.294 e. The molecule has 1 N–H and O–H groups in total. The van der Waals surface area contributed by atoms with Crippen molar-refractivity contribution in [2.75, 3.05) is 0 Å². The SMILES string of the molecule is CC(C)C(=C(C(C)C)C(C)C)c1ccc(S(=O)(=O)O)c(C(C)C)c1C(C)C. The molecule has 0 aliphatic heterocycles.